The predicted molar refractivity (Wildman–Crippen MR) is 107 cm³/mol. The number of rotatable bonds is 5. The molecular formula is C21H25FN2O2S. The summed E-state index contributed by atoms with van der Waals surface area (Å²) < 4.78 is 18.7. The summed E-state index contributed by atoms with van der Waals surface area (Å²) in [5.74, 6) is 0.371. The van der Waals surface area contributed by atoms with Gasteiger partial charge in [-0.3, -0.25) is 9.69 Å². The lowest BCUT2D eigenvalue weighted by Gasteiger charge is -2.44. The van der Waals surface area contributed by atoms with Gasteiger partial charge in [0, 0.05) is 36.6 Å². The highest BCUT2D eigenvalue weighted by atomic mass is 32.1. The molecule has 1 aliphatic heterocycles. The van der Waals surface area contributed by atoms with Crippen molar-refractivity contribution in [3.63, 3.8) is 0 Å². The number of para-hydroxylation sites is 1. The van der Waals surface area contributed by atoms with Crippen LogP contribution in [-0.2, 0) is 11.3 Å². The molecular weight excluding hydrogens is 363 g/mol. The van der Waals surface area contributed by atoms with Crippen LogP contribution in [0, 0.1) is 5.82 Å². The fourth-order valence-electron chi connectivity index (χ4n) is 3.39. The number of thiol groups is 1. The Morgan fingerprint density at radius 3 is 2.52 bits per heavy atom. The molecule has 144 valence electrons. The quantitative estimate of drug-likeness (QED) is 0.795. The molecule has 0 spiro atoms. The SMILES string of the molecule is CC1CN(C(=O)COc2ccccc2S)C(C)CN1Cc1ccc(F)cc1. The van der Waals surface area contributed by atoms with E-state index >= 15 is 0 Å². The van der Waals surface area contributed by atoms with Gasteiger partial charge in [0.2, 0.25) is 0 Å². The number of carbonyl (C=O) groups is 1. The minimum Gasteiger partial charge on any atom is -0.483 e. The first-order chi connectivity index (χ1) is 12.9. The highest BCUT2D eigenvalue weighted by molar-refractivity contribution is 7.80. The third kappa shape index (κ3) is 5.02. The second kappa shape index (κ2) is 8.76. The summed E-state index contributed by atoms with van der Waals surface area (Å²) in [6.45, 7) is 6.33. The van der Waals surface area contributed by atoms with Crippen molar-refractivity contribution in [3.8, 4) is 5.75 Å². The zero-order valence-corrected chi connectivity index (χ0v) is 16.5. The lowest BCUT2D eigenvalue weighted by atomic mass is 10.1. The third-order valence-electron chi connectivity index (χ3n) is 4.95. The fraction of sp³-hybridized carbons (Fsp3) is 0.381. The van der Waals surface area contributed by atoms with Crippen molar-refractivity contribution >= 4 is 18.5 Å². The van der Waals surface area contributed by atoms with Crippen LogP contribution in [0.5, 0.6) is 5.75 Å². The van der Waals surface area contributed by atoms with Gasteiger partial charge < -0.3 is 9.64 Å². The molecule has 1 aliphatic rings. The number of hydrogen-bond acceptors (Lipinski definition) is 4. The van der Waals surface area contributed by atoms with Gasteiger partial charge in [0.15, 0.2) is 6.61 Å². The lowest BCUT2D eigenvalue weighted by Crippen LogP contribution is -2.58. The molecule has 2 aromatic rings. The number of benzene rings is 2. The van der Waals surface area contributed by atoms with Gasteiger partial charge >= 0.3 is 0 Å². The van der Waals surface area contributed by atoms with E-state index < -0.39 is 0 Å². The monoisotopic (exact) mass is 388 g/mol. The van der Waals surface area contributed by atoms with Gasteiger partial charge in [0.1, 0.15) is 11.6 Å². The van der Waals surface area contributed by atoms with E-state index in [2.05, 4.69) is 24.5 Å². The Balaban J connectivity index is 1.56. The molecule has 1 saturated heterocycles. The molecule has 0 aromatic heterocycles. The van der Waals surface area contributed by atoms with E-state index in [0.29, 0.717) is 12.3 Å². The average Bonchev–Trinajstić information content (AvgIpc) is 2.65. The first-order valence-electron chi connectivity index (χ1n) is 9.13. The second-order valence-electron chi connectivity index (χ2n) is 7.06. The van der Waals surface area contributed by atoms with Crippen molar-refractivity contribution in [1.82, 2.24) is 9.80 Å². The Kier molecular flexibility index (Phi) is 6.39. The summed E-state index contributed by atoms with van der Waals surface area (Å²) in [6.07, 6.45) is 0. The summed E-state index contributed by atoms with van der Waals surface area (Å²) in [5, 5.41) is 0. The van der Waals surface area contributed by atoms with Gasteiger partial charge in [0.25, 0.3) is 5.91 Å². The molecule has 1 amide bonds. The molecule has 2 aromatic carbocycles. The number of ether oxygens (including phenoxy) is 1. The first-order valence-corrected chi connectivity index (χ1v) is 9.57. The molecule has 0 aliphatic carbocycles. The lowest BCUT2D eigenvalue weighted by molar-refractivity contribution is -0.139. The van der Waals surface area contributed by atoms with E-state index in [1.807, 2.05) is 48.2 Å². The summed E-state index contributed by atoms with van der Waals surface area (Å²) in [6, 6.07) is 14.3. The average molecular weight is 389 g/mol. The molecule has 0 N–H and O–H groups in total. The van der Waals surface area contributed by atoms with E-state index in [4.69, 9.17) is 4.74 Å². The maximum atomic E-state index is 13.1. The number of amides is 1. The topological polar surface area (TPSA) is 32.8 Å². The van der Waals surface area contributed by atoms with Crippen LogP contribution in [0.3, 0.4) is 0 Å². The maximum absolute atomic E-state index is 13.1. The summed E-state index contributed by atoms with van der Waals surface area (Å²) in [4.78, 5) is 17.6. The number of halogens is 1. The Hall–Kier alpha value is -2.05. The summed E-state index contributed by atoms with van der Waals surface area (Å²) in [7, 11) is 0. The van der Waals surface area contributed by atoms with Crippen molar-refractivity contribution in [2.24, 2.45) is 0 Å². The second-order valence-corrected chi connectivity index (χ2v) is 7.54. The van der Waals surface area contributed by atoms with Crippen LogP contribution < -0.4 is 4.74 Å². The van der Waals surface area contributed by atoms with Crippen LogP contribution >= 0.6 is 12.6 Å². The predicted octanol–water partition coefficient (Wildman–Crippen LogP) is 3.61. The van der Waals surface area contributed by atoms with Crippen LogP contribution in [0.4, 0.5) is 4.39 Å². The fourth-order valence-corrected chi connectivity index (χ4v) is 3.62. The van der Waals surface area contributed by atoms with E-state index in [0.717, 1.165) is 23.5 Å². The van der Waals surface area contributed by atoms with Crippen LogP contribution in [0.2, 0.25) is 0 Å². The van der Waals surface area contributed by atoms with Crippen LogP contribution in [0.25, 0.3) is 0 Å². The molecule has 4 nitrogen and oxygen atoms in total. The van der Waals surface area contributed by atoms with E-state index in [1.54, 1.807) is 0 Å². The zero-order valence-electron chi connectivity index (χ0n) is 15.6. The third-order valence-corrected chi connectivity index (χ3v) is 5.32. The molecule has 0 saturated carbocycles. The van der Waals surface area contributed by atoms with Crippen molar-refractivity contribution in [3.05, 3.63) is 59.9 Å². The van der Waals surface area contributed by atoms with Crippen molar-refractivity contribution in [1.29, 1.82) is 0 Å². The molecule has 27 heavy (non-hydrogen) atoms. The molecule has 6 heteroatoms. The summed E-state index contributed by atoms with van der Waals surface area (Å²) in [5.41, 5.74) is 1.07. The molecule has 1 heterocycles. The first kappa shape index (κ1) is 19.7. The standard InChI is InChI=1S/C21H25FN2O2S/c1-15-12-24(21(25)14-26-19-5-3-4-6-20(19)27)16(2)11-23(15)13-17-7-9-18(22)10-8-17/h3-10,15-16,27H,11-14H2,1-2H3. The molecule has 3 rings (SSSR count). The van der Waals surface area contributed by atoms with E-state index in [1.165, 1.54) is 12.1 Å². The molecule has 2 atom stereocenters. The number of piperazine rings is 1. The molecule has 1 fully saturated rings. The normalized spacial score (nSPS) is 20.5. The smallest absolute Gasteiger partial charge is 0.260 e. The largest absolute Gasteiger partial charge is 0.483 e. The molecule has 0 radical (unpaired) electrons. The number of carbonyl (C=O) groups excluding carboxylic acids is 1. The van der Waals surface area contributed by atoms with Gasteiger partial charge in [-0.05, 0) is 43.7 Å². The molecule has 0 bridgehead atoms. The van der Waals surface area contributed by atoms with Gasteiger partial charge in [-0.15, -0.1) is 12.6 Å². The van der Waals surface area contributed by atoms with Gasteiger partial charge in [0.05, 0.1) is 0 Å². The van der Waals surface area contributed by atoms with Crippen molar-refractivity contribution in [2.75, 3.05) is 19.7 Å². The minimum atomic E-state index is -0.224. The van der Waals surface area contributed by atoms with Crippen LogP contribution in [0.1, 0.15) is 19.4 Å². The minimum absolute atomic E-state index is 0.00654. The Labute approximate surface area is 165 Å². The Morgan fingerprint density at radius 2 is 1.81 bits per heavy atom. The van der Waals surface area contributed by atoms with E-state index in [-0.39, 0.29) is 30.4 Å². The van der Waals surface area contributed by atoms with Crippen molar-refractivity contribution in [2.45, 2.75) is 37.4 Å². The van der Waals surface area contributed by atoms with Crippen LogP contribution in [-0.4, -0.2) is 47.5 Å². The number of hydrogen-bond donors (Lipinski definition) is 1. The van der Waals surface area contributed by atoms with Crippen LogP contribution in [0.15, 0.2) is 53.4 Å². The highest BCUT2D eigenvalue weighted by Crippen LogP contribution is 2.22. The van der Waals surface area contributed by atoms with Gasteiger partial charge in [-0.25, -0.2) is 4.39 Å². The van der Waals surface area contributed by atoms with Gasteiger partial charge in [-0.2, -0.15) is 0 Å². The number of nitrogens with zero attached hydrogens (tertiary/aromatic N) is 2. The van der Waals surface area contributed by atoms with E-state index in [9.17, 15) is 9.18 Å². The van der Waals surface area contributed by atoms with Gasteiger partial charge in [-0.1, -0.05) is 24.3 Å². The zero-order chi connectivity index (χ0) is 19.4. The maximum Gasteiger partial charge on any atom is 0.260 e. The highest BCUT2D eigenvalue weighted by Gasteiger charge is 2.32. The Morgan fingerprint density at radius 1 is 1.11 bits per heavy atom. The Bertz CT molecular complexity index is 784. The molecule has 2 unspecified atom stereocenters. The summed E-state index contributed by atoms with van der Waals surface area (Å²) >= 11 is 4.34. The van der Waals surface area contributed by atoms with Crippen molar-refractivity contribution < 1.29 is 13.9 Å².